The van der Waals surface area contributed by atoms with E-state index < -0.39 is 11.1 Å². The normalized spacial score (nSPS) is 12.6. The molecule has 1 atom stereocenters. The molecule has 0 aromatic heterocycles. The monoisotopic (exact) mass is 218 g/mol. The molecule has 0 fully saturated rings. The number of hydrogen-bond acceptors (Lipinski definition) is 4. The van der Waals surface area contributed by atoms with E-state index in [4.69, 9.17) is 9.47 Å². The molecule has 6 heteroatoms. The van der Waals surface area contributed by atoms with E-state index >= 15 is 0 Å². The Bertz CT molecular complexity index is 128. The van der Waals surface area contributed by atoms with E-state index in [1.807, 2.05) is 13.8 Å². The summed E-state index contributed by atoms with van der Waals surface area (Å²) in [5, 5.41) is 0. The molecule has 0 radical (unpaired) electrons. The van der Waals surface area contributed by atoms with Crippen LogP contribution in [0.3, 0.4) is 0 Å². The van der Waals surface area contributed by atoms with Crippen molar-refractivity contribution in [2.45, 2.75) is 26.6 Å². The third-order valence-electron chi connectivity index (χ3n) is 1.23. The fourth-order valence-electron chi connectivity index (χ4n) is 0.779. The van der Waals surface area contributed by atoms with Gasteiger partial charge in [-0.15, -0.1) is 0 Å². The molecule has 13 heavy (non-hydrogen) atoms. The number of ether oxygens (including phenoxy) is 2. The molecular weight excluding hydrogens is 203 g/mol. The topological polar surface area (TPSA) is 58.6 Å². The van der Waals surface area contributed by atoms with Crippen LogP contribution in [0, 0.1) is 0 Å². The smallest absolute Gasteiger partial charge is 0.772 e. The molecule has 74 valence electrons. The standard InChI is InChI=1S/C7H16O4S.Na/c1-3-10-7(11-4-2)5-6-12(8)9;/h7H,3-6H2,1-2H3,(H,8,9);/q;+1/p-1. The van der Waals surface area contributed by atoms with E-state index in [0.29, 0.717) is 19.6 Å². The summed E-state index contributed by atoms with van der Waals surface area (Å²) in [7, 11) is 0. The fraction of sp³-hybridized carbons (Fsp3) is 1.00. The molecule has 0 aliphatic carbocycles. The fourth-order valence-corrected chi connectivity index (χ4v) is 1.16. The zero-order chi connectivity index (χ0) is 9.40. The molecule has 0 aromatic rings. The summed E-state index contributed by atoms with van der Waals surface area (Å²) in [6, 6.07) is 0. The Balaban J connectivity index is 0. The van der Waals surface area contributed by atoms with Gasteiger partial charge in [0.15, 0.2) is 6.29 Å². The summed E-state index contributed by atoms with van der Waals surface area (Å²) < 4.78 is 30.7. The quantitative estimate of drug-likeness (QED) is 0.273. The molecule has 0 aromatic carbocycles. The molecule has 0 bridgehead atoms. The van der Waals surface area contributed by atoms with Crippen LogP contribution in [0.5, 0.6) is 0 Å². The average molecular weight is 218 g/mol. The van der Waals surface area contributed by atoms with Crippen LogP contribution in [0.4, 0.5) is 0 Å². The number of hydrogen-bond donors (Lipinski definition) is 0. The van der Waals surface area contributed by atoms with E-state index in [0.717, 1.165) is 0 Å². The van der Waals surface area contributed by atoms with Crippen LogP contribution in [-0.2, 0) is 20.6 Å². The second kappa shape index (κ2) is 11.1. The van der Waals surface area contributed by atoms with Crippen molar-refractivity contribution in [3.63, 3.8) is 0 Å². The molecule has 0 heterocycles. The van der Waals surface area contributed by atoms with E-state index in [9.17, 15) is 8.76 Å². The van der Waals surface area contributed by atoms with Crippen molar-refractivity contribution in [2.24, 2.45) is 0 Å². The van der Waals surface area contributed by atoms with Crippen LogP contribution in [0.2, 0.25) is 0 Å². The van der Waals surface area contributed by atoms with E-state index in [1.54, 1.807) is 0 Å². The van der Waals surface area contributed by atoms with Crippen LogP contribution in [-0.4, -0.2) is 34.0 Å². The maximum atomic E-state index is 10.2. The Morgan fingerprint density at radius 2 is 1.77 bits per heavy atom. The molecule has 0 spiro atoms. The third kappa shape index (κ3) is 11.0. The predicted molar refractivity (Wildman–Crippen MR) is 45.4 cm³/mol. The van der Waals surface area contributed by atoms with Gasteiger partial charge in [0.2, 0.25) is 0 Å². The summed E-state index contributed by atoms with van der Waals surface area (Å²) in [5.74, 6) is 0.0880. The van der Waals surface area contributed by atoms with E-state index in [1.165, 1.54) is 0 Å². The summed E-state index contributed by atoms with van der Waals surface area (Å²) in [4.78, 5) is 0. The van der Waals surface area contributed by atoms with Crippen molar-refractivity contribution in [3.8, 4) is 0 Å². The number of rotatable bonds is 7. The Morgan fingerprint density at radius 1 is 1.31 bits per heavy atom. The summed E-state index contributed by atoms with van der Waals surface area (Å²) >= 11 is -2.00. The van der Waals surface area contributed by atoms with Gasteiger partial charge in [0.25, 0.3) is 0 Å². The Hall–Kier alpha value is 1.03. The van der Waals surface area contributed by atoms with Gasteiger partial charge in [-0.1, -0.05) is 11.1 Å². The SMILES string of the molecule is CCOC(CCS(=O)[O-])OCC.[Na+]. The summed E-state index contributed by atoms with van der Waals surface area (Å²) in [6.45, 7) is 4.77. The van der Waals surface area contributed by atoms with Crippen molar-refractivity contribution >= 4 is 11.1 Å². The molecule has 0 saturated heterocycles. The van der Waals surface area contributed by atoms with Crippen molar-refractivity contribution in [1.29, 1.82) is 0 Å². The summed E-state index contributed by atoms with van der Waals surface area (Å²) in [5.41, 5.74) is 0. The van der Waals surface area contributed by atoms with Crippen molar-refractivity contribution in [1.82, 2.24) is 0 Å². The largest absolute Gasteiger partial charge is 1.00 e. The first kappa shape index (κ1) is 16.5. The van der Waals surface area contributed by atoms with Gasteiger partial charge >= 0.3 is 29.6 Å². The van der Waals surface area contributed by atoms with Crippen molar-refractivity contribution < 1.29 is 47.8 Å². The maximum Gasteiger partial charge on any atom is 1.00 e. The van der Waals surface area contributed by atoms with Crippen molar-refractivity contribution in [3.05, 3.63) is 0 Å². The molecule has 0 aliphatic heterocycles. The van der Waals surface area contributed by atoms with Gasteiger partial charge in [0.1, 0.15) is 0 Å². The molecule has 1 unspecified atom stereocenters. The second-order valence-electron chi connectivity index (χ2n) is 2.14. The first-order valence-corrected chi connectivity index (χ1v) is 5.24. The van der Waals surface area contributed by atoms with Crippen LogP contribution in [0.1, 0.15) is 20.3 Å². The molecule has 0 aliphatic rings. The molecule has 0 saturated carbocycles. The second-order valence-corrected chi connectivity index (χ2v) is 3.15. The Morgan fingerprint density at radius 3 is 2.08 bits per heavy atom. The Kier molecular flexibility index (Phi) is 14.1. The first-order valence-electron chi connectivity index (χ1n) is 3.99. The minimum atomic E-state index is -2.00. The Labute approximate surface area is 104 Å². The first-order chi connectivity index (χ1) is 5.70. The third-order valence-corrected chi connectivity index (χ3v) is 1.79. The van der Waals surface area contributed by atoms with Gasteiger partial charge in [-0.2, -0.15) is 0 Å². The van der Waals surface area contributed by atoms with Gasteiger partial charge in [0, 0.05) is 25.4 Å². The molecular formula is C7H15NaO4S. The zero-order valence-electron chi connectivity index (χ0n) is 8.45. The molecule has 0 N–H and O–H groups in total. The van der Waals surface area contributed by atoms with Crippen LogP contribution in [0.25, 0.3) is 0 Å². The predicted octanol–water partition coefficient (Wildman–Crippen LogP) is -2.34. The van der Waals surface area contributed by atoms with Crippen LogP contribution in [0.15, 0.2) is 0 Å². The molecule has 4 nitrogen and oxygen atoms in total. The van der Waals surface area contributed by atoms with E-state index in [-0.39, 0.29) is 41.6 Å². The van der Waals surface area contributed by atoms with Gasteiger partial charge < -0.3 is 14.0 Å². The summed E-state index contributed by atoms with van der Waals surface area (Å²) in [6.07, 6.45) is 0.0236. The minimum Gasteiger partial charge on any atom is -0.772 e. The van der Waals surface area contributed by atoms with Gasteiger partial charge in [-0.05, 0) is 13.8 Å². The van der Waals surface area contributed by atoms with Gasteiger partial charge in [0.05, 0.1) is 0 Å². The van der Waals surface area contributed by atoms with Crippen LogP contribution < -0.4 is 29.6 Å². The van der Waals surface area contributed by atoms with Gasteiger partial charge in [-0.3, -0.25) is 4.21 Å². The minimum absolute atomic E-state index is 0. The molecule has 0 amide bonds. The molecule has 0 rings (SSSR count). The maximum absolute atomic E-state index is 10.2. The average Bonchev–Trinajstić information content (AvgIpc) is 2.01. The van der Waals surface area contributed by atoms with Crippen molar-refractivity contribution in [2.75, 3.05) is 19.0 Å². The zero-order valence-corrected chi connectivity index (χ0v) is 11.3. The van der Waals surface area contributed by atoms with Gasteiger partial charge in [-0.25, -0.2) is 0 Å². The van der Waals surface area contributed by atoms with E-state index in [2.05, 4.69) is 0 Å². The van der Waals surface area contributed by atoms with Crippen LogP contribution >= 0.6 is 0 Å².